The van der Waals surface area contributed by atoms with Gasteiger partial charge in [0.15, 0.2) is 0 Å². The molecule has 0 heterocycles. The van der Waals surface area contributed by atoms with Gasteiger partial charge < -0.3 is 15.4 Å². The maximum absolute atomic E-state index is 6.14. The highest BCUT2D eigenvalue weighted by atomic mass is 16.5. The van der Waals surface area contributed by atoms with Crippen LogP contribution in [0.4, 0.5) is 0 Å². The van der Waals surface area contributed by atoms with Crippen molar-refractivity contribution in [3.63, 3.8) is 0 Å². The molecule has 1 rings (SSSR count). The molecule has 0 spiro atoms. The quantitative estimate of drug-likeness (QED) is 0.580. The molecule has 2 N–H and O–H groups in total. The van der Waals surface area contributed by atoms with Crippen LogP contribution in [-0.4, -0.2) is 44.3 Å². The van der Waals surface area contributed by atoms with Crippen LogP contribution in [0.3, 0.4) is 0 Å². The first kappa shape index (κ1) is 13.9. The first-order valence-electron chi connectivity index (χ1n) is 6.73. The van der Waals surface area contributed by atoms with E-state index in [1.54, 1.807) is 7.11 Å². The lowest BCUT2D eigenvalue weighted by molar-refractivity contribution is 0.184. The van der Waals surface area contributed by atoms with E-state index in [2.05, 4.69) is 11.8 Å². The first-order chi connectivity index (χ1) is 7.76. The SMILES string of the molecule is CCCN(CC(N)CCCOC)CC1CC1. The van der Waals surface area contributed by atoms with Gasteiger partial charge in [-0.25, -0.2) is 0 Å². The standard InChI is InChI=1S/C13H28N2O/c1-3-8-15(10-12-6-7-12)11-13(14)5-4-9-16-2/h12-13H,3-11,14H2,1-2H3. The molecular formula is C13H28N2O. The van der Waals surface area contributed by atoms with E-state index in [4.69, 9.17) is 10.5 Å². The summed E-state index contributed by atoms with van der Waals surface area (Å²) in [4.78, 5) is 2.55. The summed E-state index contributed by atoms with van der Waals surface area (Å²) in [5, 5.41) is 0. The molecule has 1 atom stereocenters. The number of nitrogens with two attached hydrogens (primary N) is 1. The van der Waals surface area contributed by atoms with Gasteiger partial charge in [0.1, 0.15) is 0 Å². The van der Waals surface area contributed by atoms with Crippen LogP contribution in [0.1, 0.15) is 39.0 Å². The minimum absolute atomic E-state index is 0.320. The normalized spacial score (nSPS) is 18.0. The van der Waals surface area contributed by atoms with Crippen LogP contribution in [0, 0.1) is 5.92 Å². The lowest BCUT2D eigenvalue weighted by atomic mass is 10.1. The molecule has 1 unspecified atom stereocenters. The summed E-state index contributed by atoms with van der Waals surface area (Å²) in [7, 11) is 1.75. The summed E-state index contributed by atoms with van der Waals surface area (Å²) in [6.07, 6.45) is 6.26. The Bertz CT molecular complexity index is 171. The zero-order valence-corrected chi connectivity index (χ0v) is 11.0. The number of nitrogens with zero attached hydrogens (tertiary/aromatic N) is 1. The first-order valence-corrected chi connectivity index (χ1v) is 6.73. The lowest BCUT2D eigenvalue weighted by Gasteiger charge is -2.25. The predicted molar refractivity (Wildman–Crippen MR) is 68.5 cm³/mol. The van der Waals surface area contributed by atoms with Gasteiger partial charge in [-0.1, -0.05) is 6.92 Å². The molecule has 0 aromatic heterocycles. The van der Waals surface area contributed by atoms with Crippen molar-refractivity contribution < 1.29 is 4.74 Å². The largest absolute Gasteiger partial charge is 0.385 e. The maximum Gasteiger partial charge on any atom is 0.0462 e. The zero-order chi connectivity index (χ0) is 11.8. The molecule has 0 radical (unpaired) electrons. The molecule has 3 heteroatoms. The molecule has 0 amide bonds. The van der Waals surface area contributed by atoms with Crippen molar-refractivity contribution in [2.45, 2.75) is 45.1 Å². The van der Waals surface area contributed by atoms with Crippen LogP contribution in [0.2, 0.25) is 0 Å². The minimum atomic E-state index is 0.320. The van der Waals surface area contributed by atoms with Gasteiger partial charge >= 0.3 is 0 Å². The molecule has 3 nitrogen and oxygen atoms in total. The van der Waals surface area contributed by atoms with Gasteiger partial charge in [-0.2, -0.15) is 0 Å². The van der Waals surface area contributed by atoms with E-state index in [1.807, 2.05) is 0 Å². The van der Waals surface area contributed by atoms with Crippen LogP contribution in [0.5, 0.6) is 0 Å². The Hall–Kier alpha value is -0.120. The van der Waals surface area contributed by atoms with Crippen molar-refractivity contribution in [3.8, 4) is 0 Å². The second kappa shape index (κ2) is 8.04. The van der Waals surface area contributed by atoms with Crippen molar-refractivity contribution in [3.05, 3.63) is 0 Å². The average molecular weight is 228 g/mol. The highest BCUT2D eigenvalue weighted by Gasteiger charge is 2.24. The van der Waals surface area contributed by atoms with Gasteiger partial charge in [0.25, 0.3) is 0 Å². The number of hydrogen-bond acceptors (Lipinski definition) is 3. The van der Waals surface area contributed by atoms with Crippen LogP contribution in [-0.2, 0) is 4.74 Å². The van der Waals surface area contributed by atoms with Gasteiger partial charge in [0.2, 0.25) is 0 Å². The van der Waals surface area contributed by atoms with Gasteiger partial charge in [-0.3, -0.25) is 0 Å². The molecule has 1 fully saturated rings. The van der Waals surface area contributed by atoms with Crippen LogP contribution in [0.15, 0.2) is 0 Å². The van der Waals surface area contributed by atoms with Crippen molar-refractivity contribution in [2.24, 2.45) is 11.7 Å². The average Bonchev–Trinajstić information content (AvgIpc) is 3.02. The van der Waals surface area contributed by atoms with Crippen LogP contribution in [0.25, 0.3) is 0 Å². The fraction of sp³-hybridized carbons (Fsp3) is 1.00. The van der Waals surface area contributed by atoms with Crippen LogP contribution >= 0.6 is 0 Å². The molecule has 0 aliphatic heterocycles. The van der Waals surface area contributed by atoms with Crippen molar-refractivity contribution in [2.75, 3.05) is 33.4 Å². The summed E-state index contributed by atoms with van der Waals surface area (Å²) in [6.45, 7) is 6.62. The third kappa shape index (κ3) is 6.46. The number of methoxy groups -OCH3 is 1. The summed E-state index contributed by atoms with van der Waals surface area (Å²) in [5.41, 5.74) is 6.14. The summed E-state index contributed by atoms with van der Waals surface area (Å²) in [5.74, 6) is 0.970. The lowest BCUT2D eigenvalue weighted by Crippen LogP contribution is -2.39. The third-order valence-electron chi connectivity index (χ3n) is 3.17. The van der Waals surface area contributed by atoms with Crippen molar-refractivity contribution >= 4 is 0 Å². The molecule has 0 aromatic rings. The van der Waals surface area contributed by atoms with Gasteiger partial charge in [-0.05, 0) is 44.6 Å². The number of ether oxygens (including phenoxy) is 1. The molecule has 16 heavy (non-hydrogen) atoms. The highest BCUT2D eigenvalue weighted by molar-refractivity contribution is 4.79. The second-order valence-electron chi connectivity index (χ2n) is 5.10. The molecule has 0 aromatic carbocycles. The summed E-state index contributed by atoms with van der Waals surface area (Å²) >= 11 is 0. The number of hydrogen-bond donors (Lipinski definition) is 1. The Morgan fingerprint density at radius 3 is 2.75 bits per heavy atom. The Labute approximate surface area is 100 Å². The van der Waals surface area contributed by atoms with Gasteiger partial charge in [-0.15, -0.1) is 0 Å². The van der Waals surface area contributed by atoms with Crippen molar-refractivity contribution in [1.82, 2.24) is 4.90 Å². The van der Waals surface area contributed by atoms with E-state index >= 15 is 0 Å². The molecule has 96 valence electrons. The highest BCUT2D eigenvalue weighted by Crippen LogP contribution is 2.29. The monoisotopic (exact) mass is 228 g/mol. The van der Waals surface area contributed by atoms with E-state index in [9.17, 15) is 0 Å². The molecular weight excluding hydrogens is 200 g/mol. The van der Waals surface area contributed by atoms with E-state index in [0.717, 1.165) is 31.9 Å². The van der Waals surface area contributed by atoms with E-state index in [1.165, 1.54) is 32.4 Å². The Kier molecular flexibility index (Phi) is 7.01. The molecule has 1 aliphatic carbocycles. The molecule has 1 aliphatic rings. The minimum Gasteiger partial charge on any atom is -0.385 e. The van der Waals surface area contributed by atoms with Gasteiger partial charge in [0, 0.05) is 32.8 Å². The third-order valence-corrected chi connectivity index (χ3v) is 3.17. The van der Waals surface area contributed by atoms with Gasteiger partial charge in [0.05, 0.1) is 0 Å². The Morgan fingerprint density at radius 1 is 1.44 bits per heavy atom. The predicted octanol–water partition coefficient (Wildman–Crippen LogP) is 1.86. The van der Waals surface area contributed by atoms with E-state index in [-0.39, 0.29) is 0 Å². The van der Waals surface area contributed by atoms with E-state index in [0.29, 0.717) is 6.04 Å². The smallest absolute Gasteiger partial charge is 0.0462 e. The fourth-order valence-electron chi connectivity index (χ4n) is 2.15. The second-order valence-corrected chi connectivity index (χ2v) is 5.10. The van der Waals surface area contributed by atoms with Crippen LogP contribution < -0.4 is 5.73 Å². The summed E-state index contributed by atoms with van der Waals surface area (Å²) < 4.78 is 5.05. The van der Waals surface area contributed by atoms with Crippen molar-refractivity contribution in [1.29, 1.82) is 0 Å². The topological polar surface area (TPSA) is 38.5 Å². The molecule has 0 bridgehead atoms. The number of rotatable bonds is 10. The zero-order valence-electron chi connectivity index (χ0n) is 11.0. The van der Waals surface area contributed by atoms with E-state index < -0.39 is 0 Å². The maximum atomic E-state index is 6.14. The summed E-state index contributed by atoms with van der Waals surface area (Å²) in [6, 6.07) is 0.320. The molecule has 0 saturated heterocycles. The Balaban J connectivity index is 2.12. The fourth-order valence-corrected chi connectivity index (χ4v) is 2.15. The molecule has 1 saturated carbocycles. The Morgan fingerprint density at radius 2 is 2.19 bits per heavy atom.